The average Bonchev–Trinajstić information content (AvgIpc) is 2.44. The van der Waals surface area contributed by atoms with Crippen molar-refractivity contribution >= 4 is 5.96 Å². The van der Waals surface area contributed by atoms with Gasteiger partial charge in [-0.2, -0.15) is 13.2 Å². The number of guanidine groups is 1. The largest absolute Gasteiger partial charge is 0.390 e. The molecular weight excluding hydrogens is 293 g/mol. The van der Waals surface area contributed by atoms with Crippen LogP contribution in [0.2, 0.25) is 0 Å². The van der Waals surface area contributed by atoms with E-state index in [1.54, 1.807) is 0 Å². The number of halogens is 3. The van der Waals surface area contributed by atoms with Gasteiger partial charge in [0.15, 0.2) is 5.96 Å². The van der Waals surface area contributed by atoms with Crippen LogP contribution in [0.4, 0.5) is 13.2 Å². The number of rotatable bonds is 6. The third-order valence-electron chi connectivity index (χ3n) is 3.88. The van der Waals surface area contributed by atoms with Gasteiger partial charge in [0.2, 0.25) is 0 Å². The fraction of sp³-hybridized carbons (Fsp3) is 0.933. The molecule has 0 saturated carbocycles. The second-order valence-corrected chi connectivity index (χ2v) is 6.35. The van der Waals surface area contributed by atoms with Crippen molar-refractivity contribution in [1.29, 1.82) is 0 Å². The summed E-state index contributed by atoms with van der Waals surface area (Å²) < 4.78 is 36.6. The summed E-state index contributed by atoms with van der Waals surface area (Å²) in [4.78, 5) is 6.88. The Morgan fingerprint density at radius 1 is 1.09 bits per heavy atom. The fourth-order valence-corrected chi connectivity index (χ4v) is 2.54. The minimum absolute atomic E-state index is 0.0766. The molecule has 0 aromatic rings. The molecule has 0 unspecified atom stereocenters. The van der Waals surface area contributed by atoms with Crippen LogP contribution >= 0.6 is 0 Å². The van der Waals surface area contributed by atoms with Gasteiger partial charge in [0.1, 0.15) is 0 Å². The summed E-state index contributed by atoms with van der Waals surface area (Å²) in [5.74, 6) is 0.455. The predicted molar refractivity (Wildman–Crippen MR) is 84.2 cm³/mol. The van der Waals surface area contributed by atoms with Crippen LogP contribution in [0.3, 0.4) is 0 Å². The molecule has 22 heavy (non-hydrogen) atoms. The van der Waals surface area contributed by atoms with Gasteiger partial charge in [-0.3, -0.25) is 9.89 Å². The van der Waals surface area contributed by atoms with Crippen molar-refractivity contribution in [2.45, 2.75) is 58.2 Å². The lowest BCUT2D eigenvalue weighted by Gasteiger charge is -2.40. The zero-order valence-corrected chi connectivity index (χ0v) is 13.9. The number of alkyl halides is 3. The van der Waals surface area contributed by atoms with Crippen LogP contribution < -0.4 is 10.6 Å². The first-order valence-corrected chi connectivity index (χ1v) is 8.08. The zero-order valence-electron chi connectivity index (χ0n) is 13.9. The summed E-state index contributed by atoms with van der Waals surface area (Å²) in [7, 11) is 0. The van der Waals surface area contributed by atoms with Gasteiger partial charge in [-0.1, -0.05) is 6.42 Å². The van der Waals surface area contributed by atoms with Gasteiger partial charge in [-0.05, 0) is 46.7 Å². The molecule has 1 aliphatic heterocycles. The van der Waals surface area contributed by atoms with E-state index >= 15 is 0 Å². The van der Waals surface area contributed by atoms with E-state index in [1.165, 1.54) is 19.3 Å². The number of nitrogens with zero attached hydrogens (tertiary/aromatic N) is 2. The Morgan fingerprint density at radius 3 is 2.27 bits per heavy atom. The Bertz CT molecular complexity index is 347. The van der Waals surface area contributed by atoms with E-state index < -0.39 is 12.6 Å². The van der Waals surface area contributed by atoms with E-state index in [9.17, 15) is 13.2 Å². The van der Waals surface area contributed by atoms with E-state index in [2.05, 4.69) is 34.4 Å². The van der Waals surface area contributed by atoms with Crippen molar-refractivity contribution in [1.82, 2.24) is 15.5 Å². The Labute approximate surface area is 131 Å². The molecule has 0 bridgehead atoms. The van der Waals surface area contributed by atoms with E-state index in [0.29, 0.717) is 19.0 Å². The number of hydrogen-bond donors (Lipinski definition) is 2. The third kappa shape index (κ3) is 7.33. The highest BCUT2D eigenvalue weighted by atomic mass is 19.4. The molecule has 1 heterocycles. The molecular formula is C15H29F3N4. The summed E-state index contributed by atoms with van der Waals surface area (Å²) in [5.41, 5.74) is -0.0766. The lowest BCUT2D eigenvalue weighted by Crippen LogP contribution is -2.49. The van der Waals surface area contributed by atoms with Crippen LogP contribution in [0.5, 0.6) is 0 Å². The van der Waals surface area contributed by atoms with Crippen LogP contribution in [0, 0.1) is 0 Å². The average molecular weight is 322 g/mol. The maximum atomic E-state index is 12.2. The molecule has 1 aliphatic rings. The first-order chi connectivity index (χ1) is 10.2. The standard InChI is InChI=1S/C15H29F3N4/c1-4-19-13(20-9-8-15(16,17)18)21-12-14(2,3)22-10-6-5-7-11-22/h4-12H2,1-3H3,(H2,19,20,21). The molecule has 0 atom stereocenters. The van der Waals surface area contributed by atoms with Gasteiger partial charge < -0.3 is 10.6 Å². The van der Waals surface area contributed by atoms with E-state index in [4.69, 9.17) is 0 Å². The molecule has 0 aliphatic carbocycles. The van der Waals surface area contributed by atoms with Crippen LogP contribution in [0.15, 0.2) is 4.99 Å². The lowest BCUT2D eigenvalue weighted by molar-refractivity contribution is -0.132. The van der Waals surface area contributed by atoms with Gasteiger partial charge in [-0.25, -0.2) is 0 Å². The van der Waals surface area contributed by atoms with Crippen molar-refractivity contribution in [3.63, 3.8) is 0 Å². The first-order valence-electron chi connectivity index (χ1n) is 8.08. The highest BCUT2D eigenvalue weighted by molar-refractivity contribution is 5.79. The van der Waals surface area contributed by atoms with Gasteiger partial charge in [0.25, 0.3) is 0 Å². The van der Waals surface area contributed by atoms with Crippen molar-refractivity contribution in [2.24, 2.45) is 4.99 Å². The Morgan fingerprint density at radius 2 is 1.73 bits per heavy atom. The van der Waals surface area contributed by atoms with E-state index in [0.717, 1.165) is 13.1 Å². The topological polar surface area (TPSA) is 39.7 Å². The molecule has 0 aromatic heterocycles. The highest BCUT2D eigenvalue weighted by Gasteiger charge is 2.28. The summed E-state index contributed by atoms with van der Waals surface area (Å²) in [6.07, 6.45) is -1.31. The maximum Gasteiger partial charge on any atom is 0.390 e. The lowest BCUT2D eigenvalue weighted by atomic mass is 9.99. The molecule has 0 spiro atoms. The third-order valence-corrected chi connectivity index (χ3v) is 3.88. The predicted octanol–water partition coefficient (Wildman–Crippen LogP) is 2.76. The highest BCUT2D eigenvalue weighted by Crippen LogP contribution is 2.21. The normalized spacial score (nSPS) is 18.4. The van der Waals surface area contributed by atoms with Crippen molar-refractivity contribution in [3.8, 4) is 0 Å². The van der Waals surface area contributed by atoms with Gasteiger partial charge >= 0.3 is 6.18 Å². The number of likely N-dealkylation sites (tertiary alicyclic amines) is 1. The van der Waals surface area contributed by atoms with Crippen molar-refractivity contribution in [3.05, 3.63) is 0 Å². The first kappa shape index (κ1) is 19.1. The molecule has 1 rings (SSSR count). The van der Waals surface area contributed by atoms with E-state index in [1.807, 2.05) is 6.92 Å². The molecule has 2 N–H and O–H groups in total. The smallest absolute Gasteiger partial charge is 0.357 e. The van der Waals surface area contributed by atoms with E-state index in [-0.39, 0.29) is 12.1 Å². The second kappa shape index (κ2) is 8.60. The quantitative estimate of drug-likeness (QED) is 0.583. The number of nitrogens with one attached hydrogen (secondary N) is 2. The number of aliphatic imine (C=N–C) groups is 1. The van der Waals surface area contributed by atoms with Crippen LogP contribution in [-0.2, 0) is 0 Å². The second-order valence-electron chi connectivity index (χ2n) is 6.35. The minimum Gasteiger partial charge on any atom is -0.357 e. The Hall–Kier alpha value is -0.980. The molecule has 130 valence electrons. The molecule has 1 saturated heterocycles. The van der Waals surface area contributed by atoms with Gasteiger partial charge in [0.05, 0.1) is 13.0 Å². The summed E-state index contributed by atoms with van der Waals surface area (Å²) in [6.45, 7) is 9.36. The van der Waals surface area contributed by atoms with Gasteiger partial charge in [0, 0.05) is 18.6 Å². The minimum atomic E-state index is -4.14. The number of hydrogen-bond acceptors (Lipinski definition) is 2. The maximum absolute atomic E-state index is 12.2. The Kier molecular flexibility index (Phi) is 7.45. The van der Waals surface area contributed by atoms with Gasteiger partial charge in [-0.15, -0.1) is 0 Å². The molecule has 0 radical (unpaired) electrons. The van der Waals surface area contributed by atoms with Crippen molar-refractivity contribution < 1.29 is 13.2 Å². The fourth-order valence-electron chi connectivity index (χ4n) is 2.54. The molecule has 0 amide bonds. The molecule has 0 aromatic carbocycles. The summed E-state index contributed by atoms with van der Waals surface area (Å²) in [6, 6.07) is 0. The van der Waals surface area contributed by atoms with Crippen LogP contribution in [0.1, 0.15) is 46.5 Å². The van der Waals surface area contributed by atoms with Crippen LogP contribution in [0.25, 0.3) is 0 Å². The Balaban J connectivity index is 2.52. The summed E-state index contributed by atoms with van der Waals surface area (Å²) in [5, 5.41) is 5.75. The van der Waals surface area contributed by atoms with Crippen molar-refractivity contribution in [2.75, 3.05) is 32.7 Å². The molecule has 7 heteroatoms. The molecule has 4 nitrogen and oxygen atoms in total. The van der Waals surface area contributed by atoms with Crippen LogP contribution in [-0.4, -0.2) is 55.3 Å². The zero-order chi connectivity index (χ0) is 16.6. The summed E-state index contributed by atoms with van der Waals surface area (Å²) >= 11 is 0. The number of piperidine rings is 1. The monoisotopic (exact) mass is 322 g/mol. The molecule has 1 fully saturated rings. The SMILES string of the molecule is CCNC(=NCC(C)(C)N1CCCCC1)NCCC(F)(F)F.